The second-order valence-corrected chi connectivity index (χ2v) is 12.6. The van der Waals surface area contributed by atoms with Crippen molar-refractivity contribution in [2.45, 2.75) is 148 Å². The van der Waals surface area contributed by atoms with Gasteiger partial charge in [0.05, 0.1) is 10.8 Å². The van der Waals surface area contributed by atoms with Crippen molar-refractivity contribution in [1.82, 2.24) is 0 Å². The summed E-state index contributed by atoms with van der Waals surface area (Å²) in [6.45, 7) is 4.54. The molecule has 0 bridgehead atoms. The molecule has 0 heterocycles. The third kappa shape index (κ3) is 4.72. The van der Waals surface area contributed by atoms with E-state index in [1.54, 1.807) is 0 Å². The first kappa shape index (κ1) is 24.7. The summed E-state index contributed by atoms with van der Waals surface area (Å²) in [4.78, 5) is 13.5. The Morgan fingerprint density at radius 3 is 1.72 bits per heavy atom. The highest BCUT2D eigenvalue weighted by Gasteiger charge is 2.71. The van der Waals surface area contributed by atoms with Gasteiger partial charge in [-0.2, -0.15) is 0 Å². The quantitative estimate of drug-likeness (QED) is 0.322. The van der Waals surface area contributed by atoms with Crippen LogP contribution in [-0.2, 0) is 4.79 Å². The number of hydrogen-bond donors (Lipinski definition) is 0. The third-order valence-corrected chi connectivity index (χ3v) is 10.8. The zero-order valence-electron chi connectivity index (χ0n) is 21.3. The largest absolute Gasteiger partial charge is 0.298 e. The number of carbonyl (C=O) groups is 1. The summed E-state index contributed by atoms with van der Waals surface area (Å²) in [6, 6.07) is 0. The van der Waals surface area contributed by atoms with Gasteiger partial charge in [-0.1, -0.05) is 78.1 Å². The molecule has 4 saturated carbocycles. The minimum atomic E-state index is -0.838. The Labute approximate surface area is 198 Å². The highest BCUT2D eigenvalue weighted by atomic mass is 19.1. The van der Waals surface area contributed by atoms with E-state index in [2.05, 4.69) is 13.8 Å². The number of carbonyl (C=O) groups excluding carboxylic acids is 1. The zero-order chi connectivity index (χ0) is 22.6. The molecule has 4 aliphatic carbocycles. The van der Waals surface area contributed by atoms with Gasteiger partial charge < -0.3 is 0 Å². The lowest BCUT2D eigenvalue weighted by Crippen LogP contribution is -2.69. The zero-order valence-corrected chi connectivity index (χ0v) is 21.3. The van der Waals surface area contributed by atoms with Crippen LogP contribution in [0.15, 0.2) is 0 Å². The molecule has 0 unspecified atom stereocenters. The second-order valence-electron chi connectivity index (χ2n) is 12.6. The minimum absolute atomic E-state index is 0.362. The predicted molar refractivity (Wildman–Crippen MR) is 132 cm³/mol. The Hall–Kier alpha value is -0.400. The molecule has 0 radical (unpaired) electrons. The van der Waals surface area contributed by atoms with Crippen LogP contribution >= 0.6 is 0 Å². The number of Topliss-reactive ketones (excluding diaryl/α,β-unsaturated/α-hetero) is 1. The van der Waals surface area contributed by atoms with Gasteiger partial charge in [0.25, 0.3) is 0 Å². The Bertz CT molecular complexity index is 588. The average Bonchev–Trinajstić information content (AvgIpc) is 2.85. The van der Waals surface area contributed by atoms with Crippen LogP contribution in [-0.4, -0.2) is 12.0 Å². The molecule has 4 rings (SSSR count). The summed E-state index contributed by atoms with van der Waals surface area (Å²) < 4.78 is 15.8. The van der Waals surface area contributed by atoms with Gasteiger partial charge in [0.2, 0.25) is 0 Å². The number of ketones is 1. The van der Waals surface area contributed by atoms with Crippen LogP contribution in [0.1, 0.15) is 142 Å². The molecule has 2 heteroatoms. The van der Waals surface area contributed by atoms with Gasteiger partial charge in [0.15, 0.2) is 5.78 Å². The molecule has 184 valence electrons. The van der Waals surface area contributed by atoms with Crippen LogP contribution in [0.3, 0.4) is 0 Å². The molecule has 0 aromatic heterocycles. The van der Waals surface area contributed by atoms with Crippen LogP contribution in [0.4, 0.5) is 4.39 Å². The smallest absolute Gasteiger partial charge is 0.151 e. The van der Waals surface area contributed by atoms with Gasteiger partial charge in [-0.25, -0.2) is 4.39 Å². The van der Waals surface area contributed by atoms with Gasteiger partial charge >= 0.3 is 0 Å². The molecular formula is C30H51FO. The summed E-state index contributed by atoms with van der Waals surface area (Å²) in [5, 5.41) is 0. The third-order valence-electron chi connectivity index (χ3n) is 10.8. The van der Waals surface area contributed by atoms with E-state index in [-0.39, 0.29) is 0 Å². The van der Waals surface area contributed by atoms with Crippen molar-refractivity contribution in [2.24, 2.45) is 34.5 Å². The number of unbranched alkanes of at least 4 members (excludes halogenated alkanes) is 4. The first-order valence-electron chi connectivity index (χ1n) is 14.7. The van der Waals surface area contributed by atoms with E-state index in [1.165, 1.54) is 77.0 Å². The maximum atomic E-state index is 15.8. The van der Waals surface area contributed by atoms with Crippen molar-refractivity contribution in [3.63, 3.8) is 0 Å². The lowest BCUT2D eigenvalue weighted by atomic mass is 9.41. The SMILES string of the molecule is CCCCCCC1CCC(C2CCC3(CC2)C(=O)C2(CCC(CCCC)CC2)[C@H]3F)CC1. The highest BCUT2D eigenvalue weighted by Crippen LogP contribution is 2.66. The lowest BCUT2D eigenvalue weighted by Gasteiger charge is -2.61. The fourth-order valence-corrected chi connectivity index (χ4v) is 8.55. The Morgan fingerprint density at radius 2 is 1.16 bits per heavy atom. The summed E-state index contributed by atoms with van der Waals surface area (Å²) in [7, 11) is 0. The van der Waals surface area contributed by atoms with E-state index < -0.39 is 17.0 Å². The molecule has 1 atom stereocenters. The van der Waals surface area contributed by atoms with Crippen molar-refractivity contribution in [3.05, 3.63) is 0 Å². The molecule has 0 amide bonds. The van der Waals surface area contributed by atoms with Gasteiger partial charge in [-0.15, -0.1) is 0 Å². The molecule has 0 aromatic carbocycles. The number of rotatable bonds is 9. The van der Waals surface area contributed by atoms with Crippen molar-refractivity contribution >= 4 is 5.78 Å². The molecule has 2 spiro atoms. The molecule has 4 aliphatic rings. The molecule has 32 heavy (non-hydrogen) atoms. The maximum absolute atomic E-state index is 15.8. The van der Waals surface area contributed by atoms with Crippen molar-refractivity contribution < 1.29 is 9.18 Å². The molecule has 0 aromatic rings. The van der Waals surface area contributed by atoms with E-state index in [0.717, 1.165) is 75.0 Å². The Morgan fingerprint density at radius 1 is 0.656 bits per heavy atom. The number of halogens is 1. The predicted octanol–water partition coefficient (Wildman–Crippen LogP) is 9.23. The van der Waals surface area contributed by atoms with Crippen LogP contribution < -0.4 is 0 Å². The Balaban J connectivity index is 1.21. The van der Waals surface area contributed by atoms with Crippen molar-refractivity contribution in [3.8, 4) is 0 Å². The summed E-state index contributed by atoms with van der Waals surface area (Å²) in [6.07, 6.45) is 23.4. The van der Waals surface area contributed by atoms with Gasteiger partial charge in [-0.3, -0.25) is 4.79 Å². The van der Waals surface area contributed by atoms with Crippen LogP contribution in [0, 0.1) is 34.5 Å². The minimum Gasteiger partial charge on any atom is -0.298 e. The monoisotopic (exact) mass is 446 g/mol. The first-order valence-corrected chi connectivity index (χ1v) is 14.7. The summed E-state index contributed by atoms with van der Waals surface area (Å²) >= 11 is 0. The van der Waals surface area contributed by atoms with E-state index in [9.17, 15) is 4.79 Å². The molecular weight excluding hydrogens is 395 g/mol. The number of alkyl halides is 1. The molecule has 4 fully saturated rings. The van der Waals surface area contributed by atoms with E-state index in [1.807, 2.05) is 0 Å². The van der Waals surface area contributed by atoms with Crippen LogP contribution in [0.5, 0.6) is 0 Å². The summed E-state index contributed by atoms with van der Waals surface area (Å²) in [5.74, 6) is 3.70. The number of hydrogen-bond acceptors (Lipinski definition) is 1. The van der Waals surface area contributed by atoms with E-state index >= 15 is 4.39 Å². The second kappa shape index (κ2) is 10.9. The molecule has 0 N–H and O–H groups in total. The standard InChI is InChI=1S/C30H51FO/c1-3-5-7-8-10-23-11-13-25(14-12-23)26-17-21-30(22-18-26)27(31)29(28(30)32)19-15-24(16-20-29)9-6-4-2/h23-27H,3-22H2,1-2H3/t23?,24?,25?,26?,27-,29?,30?/m1/s1. The van der Waals surface area contributed by atoms with Crippen LogP contribution in [0.2, 0.25) is 0 Å². The fraction of sp³-hybridized carbons (Fsp3) is 0.967. The lowest BCUT2D eigenvalue weighted by molar-refractivity contribution is -0.194. The van der Waals surface area contributed by atoms with Gasteiger partial charge in [-0.05, 0) is 87.9 Å². The maximum Gasteiger partial charge on any atom is 0.151 e. The van der Waals surface area contributed by atoms with E-state index in [0.29, 0.717) is 5.78 Å². The van der Waals surface area contributed by atoms with Gasteiger partial charge in [0, 0.05) is 0 Å². The average molecular weight is 447 g/mol. The Kier molecular flexibility index (Phi) is 8.42. The molecule has 1 nitrogen and oxygen atoms in total. The normalized spacial score (nSPS) is 42.3. The van der Waals surface area contributed by atoms with Crippen molar-refractivity contribution in [1.29, 1.82) is 0 Å². The first-order chi connectivity index (χ1) is 15.6. The highest BCUT2D eigenvalue weighted by molar-refractivity contribution is 5.98. The summed E-state index contributed by atoms with van der Waals surface area (Å²) in [5.41, 5.74) is -1.13. The fourth-order valence-electron chi connectivity index (χ4n) is 8.55. The van der Waals surface area contributed by atoms with Crippen molar-refractivity contribution in [2.75, 3.05) is 0 Å². The molecule has 0 aliphatic heterocycles. The van der Waals surface area contributed by atoms with E-state index in [4.69, 9.17) is 0 Å². The van der Waals surface area contributed by atoms with Gasteiger partial charge in [0.1, 0.15) is 6.17 Å². The van der Waals surface area contributed by atoms with Crippen LogP contribution in [0.25, 0.3) is 0 Å². The topological polar surface area (TPSA) is 17.1 Å². The molecule has 0 saturated heterocycles.